The van der Waals surface area contributed by atoms with Gasteiger partial charge in [0.05, 0.1) is 0 Å². The summed E-state index contributed by atoms with van der Waals surface area (Å²) in [6.07, 6.45) is 0.296. The molecule has 0 saturated carbocycles. The van der Waals surface area contributed by atoms with Crippen molar-refractivity contribution >= 4 is 5.78 Å². The molecule has 0 aromatic rings. The smallest absolute Gasteiger partial charge is 0.198 e. The zero-order chi connectivity index (χ0) is 10.7. The van der Waals surface area contributed by atoms with E-state index in [1.54, 1.807) is 13.8 Å². The van der Waals surface area contributed by atoms with Gasteiger partial charge in [0.1, 0.15) is 0 Å². The maximum absolute atomic E-state index is 11.4. The van der Waals surface area contributed by atoms with E-state index in [9.17, 15) is 15.0 Å². The molecule has 2 atom stereocenters. The van der Waals surface area contributed by atoms with E-state index >= 15 is 0 Å². The van der Waals surface area contributed by atoms with E-state index in [1.807, 2.05) is 0 Å². The van der Waals surface area contributed by atoms with Gasteiger partial charge in [0.2, 0.25) is 0 Å². The van der Waals surface area contributed by atoms with Gasteiger partial charge in [-0.25, -0.2) is 0 Å². The summed E-state index contributed by atoms with van der Waals surface area (Å²) in [6.45, 7) is 4.54. The molecule has 0 aromatic heterocycles. The first kappa shape index (κ1) is 12.6. The highest BCUT2D eigenvalue weighted by Gasteiger charge is 2.49. The molecule has 4 heteroatoms. The van der Waals surface area contributed by atoms with Crippen molar-refractivity contribution in [2.75, 3.05) is 7.11 Å². The lowest BCUT2D eigenvalue weighted by Gasteiger charge is -2.37. The molecule has 0 spiro atoms. The minimum absolute atomic E-state index is 0.126. The van der Waals surface area contributed by atoms with Crippen LogP contribution < -0.4 is 0 Å². The van der Waals surface area contributed by atoms with Crippen molar-refractivity contribution in [2.45, 2.75) is 45.0 Å². The van der Waals surface area contributed by atoms with Crippen LogP contribution in [0, 0.1) is 0 Å². The molecule has 4 nitrogen and oxygen atoms in total. The molecule has 0 aliphatic heterocycles. The Morgan fingerprint density at radius 2 is 1.85 bits per heavy atom. The third-order valence-electron chi connectivity index (χ3n) is 2.46. The number of carbonyl (C=O) groups is 1. The van der Waals surface area contributed by atoms with Crippen LogP contribution in [-0.4, -0.2) is 34.5 Å². The standard InChI is InChI=1S/C9H18O4/c1-5-7(10)9(12,6-2)8(3,11)13-4/h11-12H,5-6H2,1-4H3/t8-,9-/m1/s1. The molecule has 0 bridgehead atoms. The number of ether oxygens (including phenoxy) is 1. The molecule has 78 valence electrons. The number of aliphatic hydroxyl groups is 2. The van der Waals surface area contributed by atoms with Crippen molar-refractivity contribution in [3.63, 3.8) is 0 Å². The van der Waals surface area contributed by atoms with Crippen molar-refractivity contribution < 1.29 is 19.7 Å². The fourth-order valence-electron chi connectivity index (χ4n) is 1.25. The second kappa shape index (κ2) is 4.17. The second-order valence-electron chi connectivity index (χ2n) is 3.18. The minimum Gasteiger partial charge on any atom is -0.377 e. The molecule has 0 aliphatic carbocycles. The molecule has 0 saturated heterocycles. The topological polar surface area (TPSA) is 66.8 Å². The van der Waals surface area contributed by atoms with Crippen molar-refractivity contribution in [1.82, 2.24) is 0 Å². The molecule has 0 amide bonds. The van der Waals surface area contributed by atoms with Crippen molar-refractivity contribution in [3.8, 4) is 0 Å². The molecule has 0 radical (unpaired) electrons. The van der Waals surface area contributed by atoms with Gasteiger partial charge in [-0.05, 0) is 13.3 Å². The van der Waals surface area contributed by atoms with Crippen LogP contribution in [-0.2, 0) is 9.53 Å². The lowest BCUT2D eigenvalue weighted by molar-refractivity contribution is -0.268. The highest BCUT2D eigenvalue weighted by atomic mass is 16.6. The molecule has 0 aliphatic rings. The van der Waals surface area contributed by atoms with Gasteiger partial charge < -0.3 is 14.9 Å². The van der Waals surface area contributed by atoms with E-state index in [0.29, 0.717) is 0 Å². The SMILES string of the molecule is CCC(=O)[C@](O)(CC)[C@](C)(O)OC. The summed E-state index contributed by atoms with van der Waals surface area (Å²) >= 11 is 0. The van der Waals surface area contributed by atoms with Crippen LogP contribution in [0.15, 0.2) is 0 Å². The quantitative estimate of drug-likeness (QED) is 0.618. The molecule has 0 aromatic carbocycles. The minimum atomic E-state index is -1.82. The normalized spacial score (nSPS) is 20.5. The van der Waals surface area contributed by atoms with E-state index in [4.69, 9.17) is 4.74 Å². The predicted molar refractivity (Wildman–Crippen MR) is 48.2 cm³/mol. The first-order valence-corrected chi connectivity index (χ1v) is 4.39. The van der Waals surface area contributed by atoms with Gasteiger partial charge in [-0.2, -0.15) is 0 Å². The molecular weight excluding hydrogens is 172 g/mol. The van der Waals surface area contributed by atoms with Gasteiger partial charge in [0.15, 0.2) is 17.2 Å². The van der Waals surface area contributed by atoms with Crippen LogP contribution in [0.4, 0.5) is 0 Å². The summed E-state index contributed by atoms with van der Waals surface area (Å²) in [5, 5.41) is 19.5. The average molecular weight is 190 g/mol. The highest BCUT2D eigenvalue weighted by molar-refractivity contribution is 5.87. The van der Waals surface area contributed by atoms with E-state index in [2.05, 4.69) is 0 Å². The number of carbonyl (C=O) groups excluding carboxylic acids is 1. The zero-order valence-corrected chi connectivity index (χ0v) is 8.63. The largest absolute Gasteiger partial charge is 0.377 e. The van der Waals surface area contributed by atoms with Crippen LogP contribution >= 0.6 is 0 Å². The predicted octanol–water partition coefficient (Wildman–Crippen LogP) is 0.461. The molecule has 2 N–H and O–H groups in total. The molecule has 0 fully saturated rings. The number of methoxy groups -OCH3 is 1. The Hall–Kier alpha value is -0.450. The van der Waals surface area contributed by atoms with E-state index in [0.717, 1.165) is 0 Å². The molecule has 13 heavy (non-hydrogen) atoms. The van der Waals surface area contributed by atoms with E-state index in [1.165, 1.54) is 14.0 Å². The Balaban J connectivity index is 4.93. The average Bonchev–Trinajstić information content (AvgIpc) is 2.14. The summed E-state index contributed by atoms with van der Waals surface area (Å²) in [5.41, 5.74) is -1.81. The lowest BCUT2D eigenvalue weighted by Crippen LogP contribution is -2.58. The van der Waals surface area contributed by atoms with Crippen LogP contribution in [0.1, 0.15) is 33.6 Å². The van der Waals surface area contributed by atoms with Crippen LogP contribution in [0.2, 0.25) is 0 Å². The van der Waals surface area contributed by atoms with Crippen LogP contribution in [0.3, 0.4) is 0 Å². The maximum Gasteiger partial charge on any atom is 0.198 e. The number of hydrogen-bond acceptors (Lipinski definition) is 4. The lowest BCUT2D eigenvalue weighted by atomic mass is 9.85. The number of hydrogen-bond donors (Lipinski definition) is 2. The monoisotopic (exact) mass is 190 g/mol. The van der Waals surface area contributed by atoms with E-state index < -0.39 is 17.2 Å². The summed E-state index contributed by atoms with van der Waals surface area (Å²) in [7, 11) is 1.25. The number of Topliss-reactive ketones (excluding diaryl/α,β-unsaturated/α-hetero) is 1. The Morgan fingerprint density at radius 1 is 1.38 bits per heavy atom. The number of ketones is 1. The van der Waals surface area contributed by atoms with Gasteiger partial charge in [-0.1, -0.05) is 13.8 Å². The summed E-state index contributed by atoms with van der Waals surface area (Å²) in [4.78, 5) is 11.4. The van der Waals surface area contributed by atoms with E-state index in [-0.39, 0.29) is 12.8 Å². The first-order valence-electron chi connectivity index (χ1n) is 4.39. The molecule has 0 unspecified atom stereocenters. The number of rotatable bonds is 5. The van der Waals surface area contributed by atoms with Crippen molar-refractivity contribution in [1.29, 1.82) is 0 Å². The molecular formula is C9H18O4. The highest BCUT2D eigenvalue weighted by Crippen LogP contribution is 2.28. The van der Waals surface area contributed by atoms with Crippen molar-refractivity contribution in [3.05, 3.63) is 0 Å². The summed E-state index contributed by atoms with van der Waals surface area (Å²) in [5.74, 6) is -2.24. The van der Waals surface area contributed by atoms with Gasteiger partial charge >= 0.3 is 0 Å². The Bertz CT molecular complexity index is 188. The van der Waals surface area contributed by atoms with Crippen LogP contribution in [0.5, 0.6) is 0 Å². The fourth-order valence-corrected chi connectivity index (χ4v) is 1.25. The molecule has 0 heterocycles. The third kappa shape index (κ3) is 2.07. The summed E-state index contributed by atoms with van der Waals surface area (Å²) in [6, 6.07) is 0. The second-order valence-corrected chi connectivity index (χ2v) is 3.18. The fraction of sp³-hybridized carbons (Fsp3) is 0.889. The summed E-state index contributed by atoms with van der Waals surface area (Å²) < 4.78 is 4.70. The van der Waals surface area contributed by atoms with Crippen molar-refractivity contribution in [2.24, 2.45) is 0 Å². The Kier molecular flexibility index (Phi) is 4.03. The zero-order valence-electron chi connectivity index (χ0n) is 8.63. The Labute approximate surface area is 78.5 Å². The molecule has 0 rings (SSSR count). The third-order valence-corrected chi connectivity index (χ3v) is 2.46. The van der Waals surface area contributed by atoms with Crippen LogP contribution in [0.25, 0.3) is 0 Å². The Morgan fingerprint density at radius 3 is 2.08 bits per heavy atom. The first-order chi connectivity index (χ1) is 5.85. The van der Waals surface area contributed by atoms with Gasteiger partial charge in [-0.3, -0.25) is 4.79 Å². The van der Waals surface area contributed by atoms with Gasteiger partial charge in [0.25, 0.3) is 0 Å². The maximum atomic E-state index is 11.4. The van der Waals surface area contributed by atoms with Gasteiger partial charge in [0, 0.05) is 13.5 Å². The van der Waals surface area contributed by atoms with Gasteiger partial charge in [-0.15, -0.1) is 0 Å².